The molecule has 29 heavy (non-hydrogen) atoms. The van der Waals surface area contributed by atoms with Crippen LogP contribution in [0.5, 0.6) is 0 Å². The Morgan fingerprint density at radius 2 is 1.93 bits per heavy atom. The predicted octanol–water partition coefficient (Wildman–Crippen LogP) is 3.06. The maximum Gasteiger partial charge on any atom is 0.410 e. The van der Waals surface area contributed by atoms with E-state index in [0.29, 0.717) is 5.92 Å². The fourth-order valence-electron chi connectivity index (χ4n) is 4.16. The molecule has 2 atom stereocenters. The number of rotatable bonds is 6. The first-order chi connectivity index (χ1) is 13.8. The van der Waals surface area contributed by atoms with Crippen LogP contribution in [0.15, 0.2) is 4.99 Å². The van der Waals surface area contributed by atoms with Gasteiger partial charge in [-0.1, -0.05) is 6.42 Å². The number of carbonyl (C=O) groups excluding carboxylic acids is 1. The van der Waals surface area contributed by atoms with E-state index in [9.17, 15) is 4.79 Å². The van der Waals surface area contributed by atoms with Gasteiger partial charge in [0.05, 0.1) is 0 Å². The van der Waals surface area contributed by atoms with Crippen LogP contribution in [0.2, 0.25) is 0 Å². The Hall–Kier alpha value is -1.50. The number of guanidine groups is 1. The van der Waals surface area contributed by atoms with Crippen molar-refractivity contribution in [3.8, 4) is 0 Å². The summed E-state index contributed by atoms with van der Waals surface area (Å²) in [5, 5.41) is 6.88. The van der Waals surface area contributed by atoms with Gasteiger partial charge in [-0.25, -0.2) is 4.79 Å². The van der Waals surface area contributed by atoms with E-state index in [1.807, 2.05) is 32.7 Å². The van der Waals surface area contributed by atoms with Crippen LogP contribution in [-0.2, 0) is 4.74 Å². The number of carbonyl (C=O) groups is 1. The van der Waals surface area contributed by atoms with Crippen LogP contribution in [0.3, 0.4) is 0 Å². The second kappa shape index (κ2) is 11.6. The Labute approximate surface area is 177 Å². The molecule has 0 bridgehead atoms. The number of likely N-dealkylation sites (tertiary alicyclic amines) is 2. The van der Waals surface area contributed by atoms with Crippen LogP contribution >= 0.6 is 0 Å². The first-order valence-corrected chi connectivity index (χ1v) is 11.4. The molecule has 0 aromatic carbocycles. The summed E-state index contributed by atoms with van der Waals surface area (Å²) in [5.74, 6) is 1.27. The second-order valence-corrected chi connectivity index (χ2v) is 9.55. The molecule has 2 aliphatic heterocycles. The second-order valence-electron chi connectivity index (χ2n) is 9.55. The molecule has 2 aliphatic rings. The van der Waals surface area contributed by atoms with Crippen molar-refractivity contribution in [3.63, 3.8) is 0 Å². The molecule has 2 saturated heterocycles. The average Bonchev–Trinajstić information content (AvgIpc) is 2.67. The summed E-state index contributed by atoms with van der Waals surface area (Å²) in [6.07, 6.45) is 7.11. The van der Waals surface area contributed by atoms with Gasteiger partial charge >= 0.3 is 6.09 Å². The Morgan fingerprint density at radius 3 is 2.62 bits per heavy atom. The average molecular weight is 410 g/mol. The molecule has 2 unspecified atom stereocenters. The van der Waals surface area contributed by atoms with Gasteiger partial charge in [0, 0.05) is 45.8 Å². The smallest absolute Gasteiger partial charge is 0.410 e. The minimum absolute atomic E-state index is 0.198. The van der Waals surface area contributed by atoms with Gasteiger partial charge in [-0.15, -0.1) is 0 Å². The van der Waals surface area contributed by atoms with E-state index in [-0.39, 0.29) is 6.09 Å². The maximum absolute atomic E-state index is 12.3. The van der Waals surface area contributed by atoms with E-state index in [2.05, 4.69) is 27.4 Å². The summed E-state index contributed by atoms with van der Waals surface area (Å²) >= 11 is 0. The number of hydrogen-bond donors (Lipinski definition) is 2. The zero-order valence-electron chi connectivity index (χ0n) is 19.3. The highest BCUT2D eigenvalue weighted by Crippen LogP contribution is 2.19. The summed E-state index contributed by atoms with van der Waals surface area (Å²) in [6.45, 7) is 13.7. The van der Waals surface area contributed by atoms with Crippen LogP contribution in [0.4, 0.5) is 4.79 Å². The van der Waals surface area contributed by atoms with Gasteiger partial charge in [-0.05, 0) is 72.3 Å². The van der Waals surface area contributed by atoms with Crippen LogP contribution in [0, 0.1) is 5.92 Å². The Kier molecular flexibility index (Phi) is 9.53. The highest BCUT2D eigenvalue weighted by molar-refractivity contribution is 5.79. The van der Waals surface area contributed by atoms with Gasteiger partial charge in [-0.2, -0.15) is 0 Å². The lowest BCUT2D eigenvalue weighted by molar-refractivity contribution is 0.0168. The third-order valence-corrected chi connectivity index (χ3v) is 5.81. The molecule has 0 aromatic heterocycles. The Morgan fingerprint density at radius 1 is 1.14 bits per heavy atom. The van der Waals surface area contributed by atoms with Crippen molar-refractivity contribution in [1.82, 2.24) is 20.4 Å². The van der Waals surface area contributed by atoms with E-state index in [1.165, 1.54) is 25.8 Å². The molecule has 0 saturated carbocycles. The Balaban J connectivity index is 1.65. The molecule has 0 radical (unpaired) electrons. The molecule has 2 N–H and O–H groups in total. The summed E-state index contributed by atoms with van der Waals surface area (Å²) in [4.78, 5) is 21.1. The first-order valence-electron chi connectivity index (χ1n) is 11.4. The van der Waals surface area contributed by atoms with Gasteiger partial charge in [0.1, 0.15) is 5.60 Å². The summed E-state index contributed by atoms with van der Waals surface area (Å²) in [6, 6.07) is 0.723. The molecule has 168 valence electrons. The number of amides is 1. The topological polar surface area (TPSA) is 69.2 Å². The number of nitrogens with zero attached hydrogens (tertiary/aromatic N) is 3. The van der Waals surface area contributed by atoms with Gasteiger partial charge in [0.25, 0.3) is 0 Å². The molecular weight excluding hydrogens is 366 g/mol. The fraction of sp³-hybridized carbons (Fsp3) is 0.909. The van der Waals surface area contributed by atoms with Crippen LogP contribution < -0.4 is 10.6 Å². The summed E-state index contributed by atoms with van der Waals surface area (Å²) in [5.41, 5.74) is -0.444. The highest BCUT2D eigenvalue weighted by Gasteiger charge is 2.27. The van der Waals surface area contributed by atoms with Crippen LogP contribution in [-0.4, -0.2) is 79.8 Å². The molecular formula is C22H43N5O2. The van der Waals surface area contributed by atoms with Crippen molar-refractivity contribution >= 4 is 12.1 Å². The molecule has 2 fully saturated rings. The molecule has 2 heterocycles. The van der Waals surface area contributed by atoms with Gasteiger partial charge in [0.2, 0.25) is 0 Å². The molecule has 1 amide bonds. The third-order valence-electron chi connectivity index (χ3n) is 5.81. The van der Waals surface area contributed by atoms with E-state index >= 15 is 0 Å². The number of hydrogen-bond acceptors (Lipinski definition) is 4. The van der Waals surface area contributed by atoms with Crippen LogP contribution in [0.25, 0.3) is 0 Å². The van der Waals surface area contributed by atoms with Crippen LogP contribution in [0.1, 0.15) is 66.2 Å². The number of ether oxygens (including phenoxy) is 1. The fourth-order valence-corrected chi connectivity index (χ4v) is 4.16. The molecule has 7 heteroatoms. The maximum atomic E-state index is 12.3. The molecule has 0 aromatic rings. The van der Waals surface area contributed by atoms with Gasteiger partial charge in [-0.3, -0.25) is 4.99 Å². The highest BCUT2D eigenvalue weighted by atomic mass is 16.6. The normalized spacial score (nSPS) is 24.3. The summed E-state index contributed by atoms with van der Waals surface area (Å²) < 4.78 is 5.52. The van der Waals surface area contributed by atoms with Crippen molar-refractivity contribution in [2.75, 3.05) is 46.3 Å². The van der Waals surface area contributed by atoms with E-state index in [0.717, 1.165) is 64.0 Å². The standard InChI is InChI=1S/C22H43N5O2/c1-18-10-6-7-13-26(18)15-9-12-24-20(23-5)25-16-19-11-8-14-27(17-19)21(28)29-22(2,3)4/h18-19H,6-17H2,1-5H3,(H2,23,24,25). The van der Waals surface area contributed by atoms with Crippen molar-refractivity contribution in [3.05, 3.63) is 0 Å². The molecule has 7 nitrogen and oxygen atoms in total. The minimum Gasteiger partial charge on any atom is -0.444 e. The Bertz CT molecular complexity index is 532. The third kappa shape index (κ3) is 8.81. The number of piperidine rings is 2. The molecule has 0 spiro atoms. The van der Waals surface area contributed by atoms with Crippen molar-refractivity contribution < 1.29 is 9.53 Å². The largest absolute Gasteiger partial charge is 0.444 e. The zero-order chi connectivity index (χ0) is 21.3. The number of aliphatic imine (C=N–C) groups is 1. The minimum atomic E-state index is -0.444. The van der Waals surface area contributed by atoms with Crippen molar-refractivity contribution in [1.29, 1.82) is 0 Å². The molecule has 0 aliphatic carbocycles. The monoisotopic (exact) mass is 409 g/mol. The lowest BCUT2D eigenvalue weighted by Gasteiger charge is -2.34. The van der Waals surface area contributed by atoms with Crippen molar-refractivity contribution in [2.45, 2.75) is 77.9 Å². The van der Waals surface area contributed by atoms with Gasteiger partial charge < -0.3 is 25.2 Å². The van der Waals surface area contributed by atoms with Gasteiger partial charge in [0.15, 0.2) is 5.96 Å². The van der Waals surface area contributed by atoms with E-state index < -0.39 is 5.60 Å². The first kappa shape index (κ1) is 23.8. The lowest BCUT2D eigenvalue weighted by atomic mass is 9.98. The van der Waals surface area contributed by atoms with E-state index in [1.54, 1.807) is 0 Å². The van der Waals surface area contributed by atoms with Crippen molar-refractivity contribution in [2.24, 2.45) is 10.9 Å². The molecule has 2 rings (SSSR count). The van der Waals surface area contributed by atoms with E-state index in [4.69, 9.17) is 4.74 Å². The SMILES string of the molecule is CN=C(NCCCN1CCCCC1C)NCC1CCCN(C(=O)OC(C)(C)C)C1. The lowest BCUT2D eigenvalue weighted by Crippen LogP contribution is -2.47. The summed E-state index contributed by atoms with van der Waals surface area (Å²) in [7, 11) is 1.82. The number of nitrogens with one attached hydrogen (secondary N) is 2. The predicted molar refractivity (Wildman–Crippen MR) is 119 cm³/mol. The quantitative estimate of drug-likeness (QED) is 0.401. The zero-order valence-corrected chi connectivity index (χ0v) is 19.3.